The first kappa shape index (κ1) is 12.1. The molecule has 0 aromatic heterocycles. The van der Waals surface area contributed by atoms with E-state index in [0.717, 1.165) is 0 Å². The van der Waals surface area contributed by atoms with Gasteiger partial charge in [-0.2, -0.15) is 0 Å². The third-order valence-corrected chi connectivity index (χ3v) is 0.558. The van der Waals surface area contributed by atoms with Gasteiger partial charge in [-0.05, 0) is 0 Å². The van der Waals surface area contributed by atoms with Gasteiger partial charge in [0.05, 0.1) is 12.6 Å². The molecule has 0 amide bonds. The van der Waals surface area contributed by atoms with Crippen molar-refractivity contribution in [2.24, 2.45) is 0 Å². The molecule has 5 heteroatoms. The molecule has 0 aliphatic rings. The maximum absolute atomic E-state index is 9.62. The van der Waals surface area contributed by atoms with Gasteiger partial charge in [0, 0.05) is 13.1 Å². The number of hydrogen-bond acceptors (Lipinski definition) is 4. The molecule has 0 bridgehead atoms. The topological polar surface area (TPSA) is 72.4 Å². The molecule has 0 aromatic carbocycles. The van der Waals surface area contributed by atoms with Crippen LogP contribution in [-0.2, 0) is 4.79 Å². The minimum Gasteiger partial charge on any atom is -0.549 e. The van der Waals surface area contributed by atoms with E-state index in [2.05, 4.69) is 5.32 Å². The van der Waals surface area contributed by atoms with Crippen molar-refractivity contribution < 1.29 is 44.6 Å². The second-order valence-electron chi connectivity index (χ2n) is 1.27. The van der Waals surface area contributed by atoms with Crippen molar-refractivity contribution in [3.63, 3.8) is 0 Å². The zero-order valence-corrected chi connectivity index (χ0v) is 7.39. The average molecular weight is 141 g/mol. The Morgan fingerprint density at radius 1 is 1.67 bits per heavy atom. The summed E-state index contributed by atoms with van der Waals surface area (Å²) in [4.78, 5) is 9.62. The van der Waals surface area contributed by atoms with Gasteiger partial charge >= 0.3 is 29.6 Å². The molecule has 0 heterocycles. The van der Waals surface area contributed by atoms with E-state index in [1.54, 1.807) is 0 Å². The van der Waals surface area contributed by atoms with Crippen molar-refractivity contribution in [2.75, 3.05) is 19.7 Å². The number of rotatable bonds is 4. The van der Waals surface area contributed by atoms with Crippen LogP contribution in [0.4, 0.5) is 0 Å². The monoisotopic (exact) mass is 141 g/mol. The molecule has 4 nitrogen and oxygen atoms in total. The van der Waals surface area contributed by atoms with E-state index in [1.165, 1.54) is 0 Å². The number of carbonyl (C=O) groups excluding carboxylic acids is 1. The largest absolute Gasteiger partial charge is 1.00 e. The van der Waals surface area contributed by atoms with Crippen molar-refractivity contribution in [1.29, 1.82) is 0 Å². The van der Waals surface area contributed by atoms with Crippen molar-refractivity contribution in [1.82, 2.24) is 5.32 Å². The first-order valence-corrected chi connectivity index (χ1v) is 2.29. The van der Waals surface area contributed by atoms with E-state index < -0.39 is 5.97 Å². The molecule has 0 rings (SSSR count). The predicted octanol–water partition coefficient (Wildman–Crippen LogP) is -5.68. The number of carboxylic acids is 1. The molecule has 0 aliphatic carbocycles. The summed E-state index contributed by atoms with van der Waals surface area (Å²) in [6, 6.07) is 0. The number of aliphatic hydroxyl groups excluding tert-OH is 1. The standard InChI is InChI=1S/C4H9NO3.Na/c6-2-1-5-3-4(7)8;/h5-6H,1-3H2,(H,7,8);/q;+1/p-1. The zero-order valence-electron chi connectivity index (χ0n) is 5.39. The van der Waals surface area contributed by atoms with E-state index in [9.17, 15) is 9.90 Å². The Labute approximate surface area is 75.5 Å². The number of carboxylic acid groups (broad SMARTS) is 1. The molecule has 0 aliphatic heterocycles. The Kier molecular flexibility index (Phi) is 11.3. The Hall–Kier alpha value is 0.390. The maximum Gasteiger partial charge on any atom is 1.00 e. The van der Waals surface area contributed by atoms with Gasteiger partial charge in [-0.15, -0.1) is 0 Å². The van der Waals surface area contributed by atoms with Crippen molar-refractivity contribution >= 4 is 5.97 Å². The van der Waals surface area contributed by atoms with E-state index in [0.29, 0.717) is 6.54 Å². The van der Waals surface area contributed by atoms with Gasteiger partial charge in [-0.1, -0.05) is 0 Å². The number of hydrogen-bond donors (Lipinski definition) is 2. The Morgan fingerprint density at radius 3 is 2.56 bits per heavy atom. The van der Waals surface area contributed by atoms with Gasteiger partial charge in [0.15, 0.2) is 0 Å². The smallest absolute Gasteiger partial charge is 0.549 e. The molecule has 0 spiro atoms. The molecule has 0 radical (unpaired) electrons. The molecule has 48 valence electrons. The molecular weight excluding hydrogens is 133 g/mol. The van der Waals surface area contributed by atoms with Crippen LogP contribution in [-0.4, -0.2) is 30.8 Å². The van der Waals surface area contributed by atoms with Crippen LogP contribution in [0.5, 0.6) is 0 Å². The maximum atomic E-state index is 9.62. The van der Waals surface area contributed by atoms with Gasteiger partial charge in [0.2, 0.25) is 0 Å². The van der Waals surface area contributed by atoms with Gasteiger partial charge in [-0.3, -0.25) is 0 Å². The summed E-state index contributed by atoms with van der Waals surface area (Å²) in [5.74, 6) is -1.15. The normalized spacial score (nSPS) is 8.11. The summed E-state index contributed by atoms with van der Waals surface area (Å²) in [6.45, 7) is 0.0574. The van der Waals surface area contributed by atoms with Crippen LogP contribution in [0.25, 0.3) is 0 Å². The van der Waals surface area contributed by atoms with Crippen LogP contribution in [0.2, 0.25) is 0 Å². The molecule has 9 heavy (non-hydrogen) atoms. The summed E-state index contributed by atoms with van der Waals surface area (Å²) in [5, 5.41) is 20.1. The van der Waals surface area contributed by atoms with Crippen LogP contribution in [0.3, 0.4) is 0 Å². The van der Waals surface area contributed by atoms with Crippen molar-refractivity contribution in [2.45, 2.75) is 0 Å². The van der Waals surface area contributed by atoms with Crippen LogP contribution in [0.1, 0.15) is 0 Å². The third-order valence-electron chi connectivity index (χ3n) is 0.558. The fourth-order valence-electron chi connectivity index (χ4n) is 0.270. The Morgan fingerprint density at radius 2 is 2.22 bits per heavy atom. The summed E-state index contributed by atoms with van der Waals surface area (Å²) in [5.41, 5.74) is 0. The molecule has 2 N–H and O–H groups in total. The summed E-state index contributed by atoms with van der Waals surface area (Å²) in [7, 11) is 0. The van der Waals surface area contributed by atoms with Crippen LogP contribution in [0.15, 0.2) is 0 Å². The quantitative estimate of drug-likeness (QED) is 0.302. The van der Waals surface area contributed by atoms with Gasteiger partial charge in [0.1, 0.15) is 0 Å². The Balaban J connectivity index is 0. The molecule has 0 aromatic rings. The summed E-state index contributed by atoms with van der Waals surface area (Å²) >= 11 is 0. The number of nitrogens with one attached hydrogen (secondary N) is 1. The Bertz CT molecular complexity index is 78.2. The minimum absolute atomic E-state index is 0. The van der Waals surface area contributed by atoms with Crippen LogP contribution in [0, 0.1) is 0 Å². The third kappa shape index (κ3) is 11.8. The molecular formula is C4H8NNaO3. The first-order chi connectivity index (χ1) is 3.77. The van der Waals surface area contributed by atoms with Gasteiger partial charge in [0.25, 0.3) is 0 Å². The average Bonchev–Trinajstić information content (AvgIpc) is 1.66. The number of aliphatic hydroxyl groups is 1. The first-order valence-electron chi connectivity index (χ1n) is 2.29. The van der Waals surface area contributed by atoms with Gasteiger partial charge < -0.3 is 20.3 Å². The van der Waals surface area contributed by atoms with E-state index in [4.69, 9.17) is 5.11 Å². The van der Waals surface area contributed by atoms with E-state index in [1.807, 2.05) is 0 Å². The number of carbonyl (C=O) groups is 1. The van der Waals surface area contributed by atoms with Crippen LogP contribution < -0.4 is 40.0 Å². The molecule has 0 saturated heterocycles. The summed E-state index contributed by atoms with van der Waals surface area (Å²) in [6.07, 6.45) is 0. The molecule has 0 fully saturated rings. The minimum atomic E-state index is -1.15. The predicted molar refractivity (Wildman–Crippen MR) is 25.0 cm³/mol. The number of aliphatic carboxylic acids is 1. The zero-order chi connectivity index (χ0) is 6.41. The fraction of sp³-hybridized carbons (Fsp3) is 0.750. The van der Waals surface area contributed by atoms with Crippen molar-refractivity contribution in [3.8, 4) is 0 Å². The summed E-state index contributed by atoms with van der Waals surface area (Å²) < 4.78 is 0. The van der Waals surface area contributed by atoms with E-state index >= 15 is 0 Å². The van der Waals surface area contributed by atoms with E-state index in [-0.39, 0.29) is 42.7 Å². The molecule has 0 atom stereocenters. The van der Waals surface area contributed by atoms with Crippen molar-refractivity contribution in [3.05, 3.63) is 0 Å². The second-order valence-corrected chi connectivity index (χ2v) is 1.27. The fourth-order valence-corrected chi connectivity index (χ4v) is 0.270. The van der Waals surface area contributed by atoms with Crippen LogP contribution >= 0.6 is 0 Å². The van der Waals surface area contributed by atoms with Gasteiger partial charge in [-0.25, -0.2) is 0 Å². The molecule has 0 unspecified atom stereocenters. The second kappa shape index (κ2) is 8.39. The molecule has 0 saturated carbocycles. The SMILES string of the molecule is O=C([O-])CNCCO.[Na+].